The highest BCUT2D eigenvalue weighted by Crippen LogP contribution is 2.37. The van der Waals surface area contributed by atoms with E-state index in [-0.39, 0.29) is 24.5 Å². The molecule has 0 aromatic heterocycles. The minimum atomic E-state index is -2.87. The molecule has 13 nitrogen and oxygen atoms in total. The molecular formula is C23H31N3O10Si. The lowest BCUT2D eigenvalue weighted by Crippen LogP contribution is -2.66. The third-order valence-electron chi connectivity index (χ3n) is 6.02. The van der Waals surface area contributed by atoms with Crippen LogP contribution in [0.2, 0.25) is 5.04 Å². The van der Waals surface area contributed by atoms with Crippen LogP contribution >= 0.6 is 0 Å². The molecular weight excluding hydrogens is 506 g/mol. The molecule has 0 saturated heterocycles. The molecule has 0 amide bonds. The number of hydrogen-bond acceptors (Lipinski definition) is 10. The molecule has 0 aliphatic carbocycles. The second-order valence-electron chi connectivity index (χ2n) is 9.61. The van der Waals surface area contributed by atoms with Crippen molar-refractivity contribution in [3.8, 4) is 0 Å². The van der Waals surface area contributed by atoms with Gasteiger partial charge in [-0.05, 0) is 28.3 Å². The zero-order valence-electron chi connectivity index (χ0n) is 20.9. The van der Waals surface area contributed by atoms with Crippen LogP contribution < -0.4 is 10.4 Å². The summed E-state index contributed by atoms with van der Waals surface area (Å²) in [6, 6.07) is 19.7. The number of nitrogens with zero attached hydrogens (tertiary/aromatic N) is 3. The topological polar surface area (TPSA) is 166 Å². The molecule has 2 aromatic rings. The van der Waals surface area contributed by atoms with Gasteiger partial charge in [-0.3, -0.25) is 0 Å². The van der Waals surface area contributed by atoms with E-state index in [9.17, 15) is 30.3 Å². The number of rotatable bonds is 16. The van der Waals surface area contributed by atoms with Crippen molar-refractivity contribution in [3.05, 3.63) is 91.0 Å². The van der Waals surface area contributed by atoms with Crippen LogP contribution in [0, 0.1) is 35.8 Å². The Morgan fingerprint density at radius 3 is 1.41 bits per heavy atom. The summed E-state index contributed by atoms with van der Waals surface area (Å²) in [5.41, 5.74) is -1.54. The molecule has 0 spiro atoms. The van der Waals surface area contributed by atoms with Crippen molar-refractivity contribution in [2.24, 2.45) is 5.41 Å². The van der Waals surface area contributed by atoms with E-state index in [2.05, 4.69) is 35.3 Å². The Hall–Kier alpha value is -3.78. The largest absolute Gasteiger partial charge is 0.407 e. The third-order valence-corrected chi connectivity index (χ3v) is 11.1. The fourth-order valence-corrected chi connectivity index (χ4v) is 8.95. The van der Waals surface area contributed by atoms with E-state index in [0.29, 0.717) is 0 Å². The predicted molar refractivity (Wildman–Crippen MR) is 134 cm³/mol. The second-order valence-corrected chi connectivity index (χ2v) is 13.9. The fraction of sp³-hybridized carbons (Fsp3) is 0.478. The molecule has 0 unspecified atom stereocenters. The summed E-state index contributed by atoms with van der Waals surface area (Å²) in [6.07, 6.45) is 0.244. The van der Waals surface area contributed by atoms with Gasteiger partial charge in [0, 0.05) is 12.0 Å². The Morgan fingerprint density at radius 2 is 1.08 bits per heavy atom. The number of hydrogen-bond donors (Lipinski definition) is 0. The summed E-state index contributed by atoms with van der Waals surface area (Å²) in [6.45, 7) is 4.39. The van der Waals surface area contributed by atoms with Crippen LogP contribution in [0.1, 0.15) is 33.6 Å². The standard InChI is InChI=1S/C23H31N3O10Si/c1-22(2,3)37(20-11-6-4-7-12-20,21-13-8-5-9-14-21)36-16-10-15-23(17-33-24(27)28,18-34-25(29)30)19-35-26(31)32/h4-9,11-14H,10,15-19H2,1-3H3. The van der Waals surface area contributed by atoms with Crippen molar-refractivity contribution >= 4 is 18.7 Å². The van der Waals surface area contributed by atoms with Gasteiger partial charge >= 0.3 is 0 Å². The first-order chi connectivity index (χ1) is 17.4. The fourth-order valence-electron chi connectivity index (χ4n) is 4.34. The van der Waals surface area contributed by atoms with E-state index in [1.54, 1.807) is 0 Å². The molecule has 0 bridgehead atoms. The minimum absolute atomic E-state index is 0.000716. The van der Waals surface area contributed by atoms with Crippen LogP contribution in [0.15, 0.2) is 60.7 Å². The smallest absolute Gasteiger partial charge is 0.294 e. The Balaban J connectivity index is 2.34. The van der Waals surface area contributed by atoms with E-state index < -0.39 is 48.8 Å². The molecule has 0 aliphatic rings. The average molecular weight is 538 g/mol. The monoisotopic (exact) mass is 537 g/mol. The Kier molecular flexibility index (Phi) is 10.3. The van der Waals surface area contributed by atoms with Gasteiger partial charge in [0.05, 0.1) is 0 Å². The minimum Gasteiger partial charge on any atom is -0.407 e. The van der Waals surface area contributed by atoms with Crippen LogP contribution in [0.3, 0.4) is 0 Å². The normalized spacial score (nSPS) is 12.0. The average Bonchev–Trinajstić information content (AvgIpc) is 2.85. The SMILES string of the molecule is CC(C)(C)[Si](OCCCC(CO[N+](=O)[O-])(CO[N+](=O)[O-])CO[N+](=O)[O-])(c1ccccc1)c1ccccc1. The maximum Gasteiger partial charge on any atom is 0.294 e. The highest BCUT2D eigenvalue weighted by atomic mass is 28.4. The lowest BCUT2D eigenvalue weighted by Gasteiger charge is -2.43. The summed E-state index contributed by atoms with van der Waals surface area (Å²) >= 11 is 0. The lowest BCUT2D eigenvalue weighted by atomic mass is 9.86. The van der Waals surface area contributed by atoms with Crippen molar-refractivity contribution in [2.45, 2.75) is 38.7 Å². The molecule has 0 aliphatic heterocycles. The zero-order chi connectivity index (χ0) is 27.5. The molecule has 2 rings (SSSR count). The van der Waals surface area contributed by atoms with Crippen molar-refractivity contribution in [2.75, 3.05) is 26.4 Å². The van der Waals surface area contributed by atoms with Gasteiger partial charge in [-0.2, -0.15) is 0 Å². The molecule has 14 heteroatoms. The highest BCUT2D eigenvalue weighted by Gasteiger charge is 2.50. The summed E-state index contributed by atoms with van der Waals surface area (Å²) in [5, 5.41) is 31.0. The Morgan fingerprint density at radius 1 is 0.703 bits per heavy atom. The Labute approximate surface area is 214 Å². The molecule has 0 radical (unpaired) electrons. The predicted octanol–water partition coefficient (Wildman–Crippen LogP) is 2.95. The summed E-state index contributed by atoms with van der Waals surface area (Å²) < 4.78 is 6.75. The van der Waals surface area contributed by atoms with Gasteiger partial charge in [0.1, 0.15) is 19.8 Å². The first-order valence-corrected chi connectivity index (χ1v) is 13.4. The van der Waals surface area contributed by atoms with E-state index in [4.69, 9.17) is 4.43 Å². The summed E-state index contributed by atoms with van der Waals surface area (Å²) in [7, 11) is -2.87. The van der Waals surface area contributed by atoms with Gasteiger partial charge in [-0.25, -0.2) is 0 Å². The van der Waals surface area contributed by atoms with Crippen molar-refractivity contribution in [3.63, 3.8) is 0 Å². The Bertz CT molecular complexity index is 949. The first kappa shape index (κ1) is 29.4. The first-order valence-electron chi connectivity index (χ1n) is 11.5. The maximum absolute atomic E-state index is 10.8. The molecule has 0 atom stereocenters. The van der Waals surface area contributed by atoms with Crippen LogP contribution in [-0.4, -0.2) is 50.0 Å². The maximum atomic E-state index is 10.8. The molecule has 0 N–H and O–H groups in total. The molecule has 0 fully saturated rings. The van der Waals surface area contributed by atoms with Crippen molar-refractivity contribution < 1.29 is 34.2 Å². The summed E-state index contributed by atoms with van der Waals surface area (Å²) in [5.74, 6) is 0. The summed E-state index contributed by atoms with van der Waals surface area (Å²) in [4.78, 5) is 45.8. The molecule has 202 valence electrons. The highest BCUT2D eigenvalue weighted by molar-refractivity contribution is 6.99. The molecule has 0 heterocycles. The van der Waals surface area contributed by atoms with E-state index >= 15 is 0 Å². The second kappa shape index (κ2) is 13.0. The van der Waals surface area contributed by atoms with Crippen LogP contribution in [0.5, 0.6) is 0 Å². The van der Waals surface area contributed by atoms with E-state index in [1.807, 2.05) is 60.7 Å². The zero-order valence-corrected chi connectivity index (χ0v) is 21.9. The van der Waals surface area contributed by atoms with Gasteiger partial charge in [-0.1, -0.05) is 81.4 Å². The molecule has 0 saturated carbocycles. The van der Waals surface area contributed by atoms with Crippen molar-refractivity contribution in [1.82, 2.24) is 0 Å². The van der Waals surface area contributed by atoms with Gasteiger partial charge in [-0.15, -0.1) is 30.3 Å². The van der Waals surface area contributed by atoms with Crippen molar-refractivity contribution in [1.29, 1.82) is 0 Å². The van der Waals surface area contributed by atoms with Crippen LogP contribution in [0.4, 0.5) is 0 Å². The van der Waals surface area contributed by atoms with Gasteiger partial charge < -0.3 is 18.9 Å². The number of benzene rings is 2. The van der Waals surface area contributed by atoms with Crippen LogP contribution in [-0.2, 0) is 18.9 Å². The van der Waals surface area contributed by atoms with E-state index in [1.165, 1.54) is 0 Å². The van der Waals surface area contributed by atoms with Crippen LogP contribution in [0.25, 0.3) is 0 Å². The van der Waals surface area contributed by atoms with E-state index in [0.717, 1.165) is 10.4 Å². The quantitative estimate of drug-likeness (QED) is 0.134. The van der Waals surface area contributed by atoms with Gasteiger partial charge in [0.15, 0.2) is 0 Å². The molecule has 2 aromatic carbocycles. The molecule has 37 heavy (non-hydrogen) atoms. The third kappa shape index (κ3) is 8.11. The van der Waals surface area contributed by atoms with Gasteiger partial charge in [0.2, 0.25) is 0 Å². The lowest BCUT2D eigenvalue weighted by molar-refractivity contribution is -0.782. The van der Waals surface area contributed by atoms with Gasteiger partial charge in [0.25, 0.3) is 23.6 Å².